The predicted octanol–water partition coefficient (Wildman–Crippen LogP) is 5.09. The highest BCUT2D eigenvalue weighted by molar-refractivity contribution is 7.80. The Kier molecular flexibility index (Phi) is 4.46. The number of anilines is 1. The molecule has 23 heavy (non-hydrogen) atoms. The highest BCUT2D eigenvalue weighted by atomic mass is 35.5. The van der Waals surface area contributed by atoms with Crippen molar-refractivity contribution in [1.29, 1.82) is 0 Å². The zero-order valence-corrected chi connectivity index (χ0v) is 14.4. The molecule has 2 aromatic carbocycles. The molecule has 0 aliphatic carbocycles. The Bertz CT molecular complexity index is 801. The molecule has 0 fully saturated rings. The van der Waals surface area contributed by atoms with Crippen LogP contribution in [-0.2, 0) is 0 Å². The van der Waals surface area contributed by atoms with Crippen molar-refractivity contribution in [2.45, 2.75) is 19.9 Å². The largest absolute Gasteiger partial charge is 0.348 e. The molecule has 0 radical (unpaired) electrons. The maximum atomic E-state index is 14.3. The standard InChI is InChI=1S/C18H16ClFN2S/c1-10(2)16-18(23)21-15-9-11(19)7-8-13(15)17(22-16)12-5-3-4-6-14(12)20/h3-10,16H,1-2H3,(H,21,23)/t16-/m0/s1. The van der Waals surface area contributed by atoms with E-state index in [2.05, 4.69) is 5.32 Å². The van der Waals surface area contributed by atoms with Crippen LogP contribution >= 0.6 is 23.8 Å². The summed E-state index contributed by atoms with van der Waals surface area (Å²) >= 11 is 11.6. The van der Waals surface area contributed by atoms with Gasteiger partial charge in [-0.1, -0.05) is 49.8 Å². The third-order valence-corrected chi connectivity index (χ3v) is 4.37. The molecule has 3 rings (SSSR count). The van der Waals surface area contributed by atoms with Crippen LogP contribution in [0.2, 0.25) is 5.02 Å². The molecule has 0 amide bonds. The van der Waals surface area contributed by atoms with Crippen LogP contribution in [0, 0.1) is 11.7 Å². The Morgan fingerprint density at radius 2 is 1.91 bits per heavy atom. The molecular weight excluding hydrogens is 331 g/mol. The van der Waals surface area contributed by atoms with Gasteiger partial charge in [-0.2, -0.15) is 0 Å². The number of rotatable bonds is 2. The van der Waals surface area contributed by atoms with Crippen LogP contribution in [0.3, 0.4) is 0 Å². The van der Waals surface area contributed by atoms with E-state index in [1.807, 2.05) is 19.9 Å². The fourth-order valence-corrected chi connectivity index (χ4v) is 3.23. The predicted molar refractivity (Wildman–Crippen MR) is 98.3 cm³/mol. The van der Waals surface area contributed by atoms with Crippen molar-refractivity contribution in [3.05, 3.63) is 64.4 Å². The average Bonchev–Trinajstić information content (AvgIpc) is 2.63. The number of halogens is 2. The van der Waals surface area contributed by atoms with Crippen molar-refractivity contribution in [3.63, 3.8) is 0 Å². The summed E-state index contributed by atoms with van der Waals surface area (Å²) in [6.45, 7) is 4.09. The molecular formula is C18H16ClFN2S. The van der Waals surface area contributed by atoms with Gasteiger partial charge in [0.15, 0.2) is 0 Å². The number of benzodiazepines with no additional fused rings is 1. The third kappa shape index (κ3) is 3.14. The lowest BCUT2D eigenvalue weighted by atomic mass is 9.99. The molecule has 0 spiro atoms. The van der Waals surface area contributed by atoms with Gasteiger partial charge in [0.25, 0.3) is 0 Å². The second-order valence-electron chi connectivity index (χ2n) is 5.83. The summed E-state index contributed by atoms with van der Waals surface area (Å²) in [5, 5.41) is 3.82. The highest BCUT2D eigenvalue weighted by Gasteiger charge is 2.26. The monoisotopic (exact) mass is 346 g/mol. The normalized spacial score (nSPS) is 17.3. The summed E-state index contributed by atoms with van der Waals surface area (Å²) in [4.78, 5) is 5.41. The first-order valence-electron chi connectivity index (χ1n) is 7.41. The fraction of sp³-hybridized carbons (Fsp3) is 0.222. The van der Waals surface area contributed by atoms with E-state index in [1.54, 1.807) is 30.3 Å². The third-order valence-electron chi connectivity index (χ3n) is 3.79. The van der Waals surface area contributed by atoms with Crippen LogP contribution in [0.25, 0.3) is 0 Å². The maximum Gasteiger partial charge on any atom is 0.132 e. The molecule has 5 heteroatoms. The van der Waals surface area contributed by atoms with Gasteiger partial charge in [0.05, 0.1) is 5.71 Å². The van der Waals surface area contributed by atoms with Gasteiger partial charge in [0.1, 0.15) is 16.8 Å². The van der Waals surface area contributed by atoms with Crippen molar-refractivity contribution in [2.24, 2.45) is 10.9 Å². The lowest BCUT2D eigenvalue weighted by Crippen LogP contribution is -2.28. The summed E-state index contributed by atoms with van der Waals surface area (Å²) in [6, 6.07) is 11.8. The van der Waals surface area contributed by atoms with E-state index in [1.165, 1.54) is 6.07 Å². The SMILES string of the molecule is CC(C)[C@@H]1N=C(c2ccccc2F)c2ccc(Cl)cc2NC1=S. The van der Waals surface area contributed by atoms with Crippen molar-refractivity contribution in [2.75, 3.05) is 5.32 Å². The Hall–Kier alpha value is -1.78. The lowest BCUT2D eigenvalue weighted by Gasteiger charge is -2.17. The van der Waals surface area contributed by atoms with Crippen LogP contribution in [0.1, 0.15) is 25.0 Å². The molecule has 0 saturated carbocycles. The number of nitrogens with zero attached hydrogens (tertiary/aromatic N) is 1. The summed E-state index contributed by atoms with van der Waals surface area (Å²) in [5.74, 6) is -0.107. The summed E-state index contributed by atoms with van der Waals surface area (Å²) in [6.07, 6.45) is 0. The number of hydrogen-bond acceptors (Lipinski definition) is 2. The van der Waals surface area contributed by atoms with Crippen molar-refractivity contribution >= 4 is 40.2 Å². The molecule has 2 nitrogen and oxygen atoms in total. The first-order valence-corrected chi connectivity index (χ1v) is 8.19. The summed E-state index contributed by atoms with van der Waals surface area (Å²) in [5.41, 5.74) is 2.62. The van der Waals surface area contributed by atoms with Gasteiger partial charge in [0.2, 0.25) is 0 Å². The van der Waals surface area contributed by atoms with Crippen LogP contribution < -0.4 is 5.32 Å². The van der Waals surface area contributed by atoms with E-state index in [0.29, 0.717) is 21.3 Å². The van der Waals surface area contributed by atoms with Gasteiger partial charge in [-0.15, -0.1) is 0 Å². The van der Waals surface area contributed by atoms with E-state index in [-0.39, 0.29) is 17.8 Å². The van der Waals surface area contributed by atoms with Crippen molar-refractivity contribution < 1.29 is 4.39 Å². The van der Waals surface area contributed by atoms with Gasteiger partial charge >= 0.3 is 0 Å². The second kappa shape index (κ2) is 6.38. The first-order chi connectivity index (χ1) is 11.0. The van der Waals surface area contributed by atoms with Gasteiger partial charge in [-0.25, -0.2) is 4.39 Å². The number of nitrogens with one attached hydrogen (secondary N) is 1. The van der Waals surface area contributed by atoms with Crippen LogP contribution in [0.4, 0.5) is 10.1 Å². The van der Waals surface area contributed by atoms with E-state index in [4.69, 9.17) is 28.8 Å². The van der Waals surface area contributed by atoms with Gasteiger partial charge in [-0.05, 0) is 36.2 Å². The molecule has 1 aliphatic rings. The minimum absolute atomic E-state index is 0.196. The Labute approximate surface area is 145 Å². The van der Waals surface area contributed by atoms with Crippen molar-refractivity contribution in [1.82, 2.24) is 0 Å². The second-order valence-corrected chi connectivity index (χ2v) is 6.70. The number of thiocarbonyl (C=S) groups is 1. The number of benzene rings is 2. The molecule has 2 aromatic rings. The van der Waals surface area contributed by atoms with E-state index in [0.717, 1.165) is 11.3 Å². The fourth-order valence-electron chi connectivity index (χ4n) is 2.62. The smallest absolute Gasteiger partial charge is 0.132 e. The van der Waals surface area contributed by atoms with Gasteiger partial charge in [0, 0.05) is 21.8 Å². The molecule has 0 aromatic heterocycles. The van der Waals surface area contributed by atoms with Crippen LogP contribution in [0.15, 0.2) is 47.5 Å². The van der Waals surface area contributed by atoms with Crippen LogP contribution in [0.5, 0.6) is 0 Å². The zero-order chi connectivity index (χ0) is 16.6. The molecule has 0 unspecified atom stereocenters. The summed E-state index contributed by atoms with van der Waals surface area (Å²) in [7, 11) is 0. The molecule has 0 saturated heterocycles. The quantitative estimate of drug-likeness (QED) is 0.765. The number of hydrogen-bond donors (Lipinski definition) is 1. The van der Waals surface area contributed by atoms with Crippen LogP contribution in [-0.4, -0.2) is 16.7 Å². The van der Waals surface area contributed by atoms with Crippen molar-refractivity contribution in [3.8, 4) is 0 Å². The zero-order valence-electron chi connectivity index (χ0n) is 12.8. The summed E-state index contributed by atoms with van der Waals surface area (Å²) < 4.78 is 14.3. The van der Waals surface area contributed by atoms with E-state index >= 15 is 0 Å². The maximum absolute atomic E-state index is 14.3. The van der Waals surface area contributed by atoms with E-state index in [9.17, 15) is 4.39 Å². The number of aliphatic imine (C=N–C) groups is 1. The van der Waals surface area contributed by atoms with Gasteiger partial charge in [-0.3, -0.25) is 4.99 Å². The lowest BCUT2D eigenvalue weighted by molar-refractivity contribution is 0.600. The molecule has 1 atom stereocenters. The molecule has 1 aliphatic heterocycles. The van der Waals surface area contributed by atoms with E-state index < -0.39 is 0 Å². The Morgan fingerprint density at radius 3 is 2.61 bits per heavy atom. The number of fused-ring (bicyclic) bond motifs is 1. The molecule has 1 heterocycles. The average molecular weight is 347 g/mol. The molecule has 1 N–H and O–H groups in total. The van der Waals surface area contributed by atoms with Gasteiger partial charge < -0.3 is 5.32 Å². The Balaban J connectivity index is 2.26. The molecule has 0 bridgehead atoms. The minimum Gasteiger partial charge on any atom is -0.348 e. The Morgan fingerprint density at radius 1 is 1.17 bits per heavy atom. The topological polar surface area (TPSA) is 24.4 Å². The first kappa shape index (κ1) is 16.1. The highest BCUT2D eigenvalue weighted by Crippen LogP contribution is 2.29. The molecule has 118 valence electrons. The minimum atomic E-state index is -0.303.